The van der Waals surface area contributed by atoms with Crippen LogP contribution in [-0.2, 0) is 16.0 Å². The van der Waals surface area contributed by atoms with Crippen molar-refractivity contribution in [3.05, 3.63) is 64.3 Å². The fourth-order valence-corrected chi connectivity index (χ4v) is 4.28. The van der Waals surface area contributed by atoms with Crippen LogP contribution in [0, 0.1) is 20.8 Å². The normalized spacial score (nSPS) is 13.7. The van der Waals surface area contributed by atoms with Crippen LogP contribution < -0.4 is 0 Å². The Kier molecular flexibility index (Phi) is 6.99. The van der Waals surface area contributed by atoms with Gasteiger partial charge in [-0.2, -0.15) is 5.10 Å². The third kappa shape index (κ3) is 5.11. The van der Waals surface area contributed by atoms with Crippen molar-refractivity contribution in [1.29, 1.82) is 0 Å². The number of carbonyl (C=O) groups excluding carboxylic acids is 3. The number of methoxy groups -OCH3 is 1. The van der Waals surface area contributed by atoms with Crippen molar-refractivity contribution >= 4 is 17.8 Å². The van der Waals surface area contributed by atoms with E-state index in [0.717, 1.165) is 22.6 Å². The summed E-state index contributed by atoms with van der Waals surface area (Å²) in [5.74, 6) is -0.322. The molecule has 35 heavy (non-hydrogen) atoms. The maximum Gasteiger partial charge on any atom is 0.305 e. The number of hydrogen-bond acceptors (Lipinski definition) is 7. The number of aryl methyl sites for hydroxylation is 2. The van der Waals surface area contributed by atoms with Crippen molar-refractivity contribution in [2.75, 3.05) is 33.3 Å². The van der Waals surface area contributed by atoms with Gasteiger partial charge in [0.2, 0.25) is 5.76 Å². The van der Waals surface area contributed by atoms with Gasteiger partial charge >= 0.3 is 5.97 Å². The van der Waals surface area contributed by atoms with Crippen LogP contribution >= 0.6 is 0 Å². The van der Waals surface area contributed by atoms with Gasteiger partial charge in [0.15, 0.2) is 0 Å². The second-order valence-corrected chi connectivity index (χ2v) is 8.60. The minimum Gasteiger partial charge on any atom is -0.469 e. The molecule has 10 heteroatoms. The molecule has 1 aromatic carbocycles. The van der Waals surface area contributed by atoms with E-state index < -0.39 is 0 Å². The van der Waals surface area contributed by atoms with Gasteiger partial charge in [0, 0.05) is 49.9 Å². The minimum atomic E-state index is -0.252. The first-order chi connectivity index (χ1) is 16.8. The predicted octanol–water partition coefficient (Wildman–Crippen LogP) is 2.49. The molecule has 0 spiro atoms. The quantitative estimate of drug-likeness (QED) is 0.500. The SMILES string of the molecule is COC(=O)CCc1c(C)nn(-c2ccc(C(=O)N3CCN(C(=O)c4cc(C)no4)CC3)cc2)c1C. The van der Waals surface area contributed by atoms with Crippen LogP contribution in [0.4, 0.5) is 0 Å². The molecule has 0 N–H and O–H groups in total. The van der Waals surface area contributed by atoms with E-state index >= 15 is 0 Å². The molecule has 2 aromatic heterocycles. The third-order valence-electron chi connectivity index (χ3n) is 6.30. The highest BCUT2D eigenvalue weighted by Gasteiger charge is 2.27. The fraction of sp³-hybridized carbons (Fsp3) is 0.400. The lowest BCUT2D eigenvalue weighted by atomic mass is 10.1. The van der Waals surface area contributed by atoms with Gasteiger partial charge in [0.1, 0.15) is 0 Å². The zero-order valence-electron chi connectivity index (χ0n) is 20.4. The van der Waals surface area contributed by atoms with Crippen LogP contribution in [0.25, 0.3) is 5.69 Å². The standard InChI is InChI=1S/C25H29N5O5/c1-16-15-22(35-27-16)25(33)29-13-11-28(12-14-29)24(32)19-5-7-20(8-6-19)30-18(3)21(17(2)26-30)9-10-23(31)34-4/h5-8,15H,9-14H2,1-4H3. The lowest BCUT2D eigenvalue weighted by molar-refractivity contribution is -0.140. The second kappa shape index (κ2) is 10.1. The van der Waals surface area contributed by atoms with Crippen LogP contribution in [0.2, 0.25) is 0 Å². The summed E-state index contributed by atoms with van der Waals surface area (Å²) in [6.07, 6.45) is 0.861. The van der Waals surface area contributed by atoms with E-state index in [1.54, 1.807) is 34.9 Å². The average Bonchev–Trinajstić information content (AvgIpc) is 3.44. The Morgan fingerprint density at radius 1 is 0.971 bits per heavy atom. The molecule has 0 atom stereocenters. The van der Waals surface area contributed by atoms with Gasteiger partial charge in [0.05, 0.1) is 24.2 Å². The number of esters is 1. The Morgan fingerprint density at radius 3 is 2.17 bits per heavy atom. The summed E-state index contributed by atoms with van der Waals surface area (Å²) in [6, 6.07) is 8.92. The summed E-state index contributed by atoms with van der Waals surface area (Å²) >= 11 is 0. The van der Waals surface area contributed by atoms with Crippen molar-refractivity contribution in [3.63, 3.8) is 0 Å². The minimum absolute atomic E-state index is 0.0775. The van der Waals surface area contributed by atoms with Crippen molar-refractivity contribution in [2.24, 2.45) is 0 Å². The summed E-state index contributed by atoms with van der Waals surface area (Å²) in [4.78, 5) is 40.5. The van der Waals surface area contributed by atoms with E-state index in [1.807, 2.05) is 30.7 Å². The molecule has 3 heterocycles. The number of rotatable bonds is 6. The number of hydrogen-bond donors (Lipinski definition) is 0. The Bertz CT molecular complexity index is 1240. The van der Waals surface area contributed by atoms with Gasteiger partial charge in [0.25, 0.3) is 11.8 Å². The van der Waals surface area contributed by atoms with E-state index in [0.29, 0.717) is 50.3 Å². The van der Waals surface area contributed by atoms with Crippen LogP contribution in [0.3, 0.4) is 0 Å². The van der Waals surface area contributed by atoms with E-state index in [1.165, 1.54) is 7.11 Å². The molecule has 0 saturated carbocycles. The predicted molar refractivity (Wildman–Crippen MR) is 126 cm³/mol. The molecular formula is C25H29N5O5. The van der Waals surface area contributed by atoms with Gasteiger partial charge in [-0.05, 0) is 57.0 Å². The number of piperazine rings is 1. The third-order valence-corrected chi connectivity index (χ3v) is 6.30. The lowest BCUT2D eigenvalue weighted by Crippen LogP contribution is -2.50. The molecule has 10 nitrogen and oxygen atoms in total. The Morgan fingerprint density at radius 2 is 1.60 bits per heavy atom. The molecule has 2 amide bonds. The highest BCUT2D eigenvalue weighted by Crippen LogP contribution is 2.21. The largest absolute Gasteiger partial charge is 0.469 e. The van der Waals surface area contributed by atoms with Crippen molar-refractivity contribution < 1.29 is 23.6 Å². The molecule has 1 aliphatic heterocycles. The molecule has 0 aliphatic carbocycles. The highest BCUT2D eigenvalue weighted by molar-refractivity contribution is 5.95. The first kappa shape index (κ1) is 24.2. The van der Waals surface area contributed by atoms with Crippen LogP contribution in [-0.4, -0.2) is 75.8 Å². The average molecular weight is 480 g/mol. The lowest BCUT2D eigenvalue weighted by Gasteiger charge is -2.34. The first-order valence-electron chi connectivity index (χ1n) is 11.5. The zero-order chi connectivity index (χ0) is 25.1. The van der Waals surface area contributed by atoms with Gasteiger partial charge in [-0.25, -0.2) is 4.68 Å². The Labute approximate surface area is 203 Å². The Hall–Kier alpha value is -3.95. The van der Waals surface area contributed by atoms with Crippen molar-refractivity contribution in [1.82, 2.24) is 24.7 Å². The molecule has 0 bridgehead atoms. The van der Waals surface area contributed by atoms with Gasteiger partial charge < -0.3 is 19.1 Å². The van der Waals surface area contributed by atoms with Crippen LogP contribution in [0.1, 0.15) is 50.0 Å². The van der Waals surface area contributed by atoms with Gasteiger partial charge in [-0.3, -0.25) is 14.4 Å². The number of nitrogens with zero attached hydrogens (tertiary/aromatic N) is 5. The maximum absolute atomic E-state index is 13.0. The molecule has 0 unspecified atom stereocenters. The molecule has 3 aromatic rings. The van der Waals surface area contributed by atoms with Gasteiger partial charge in [-0.1, -0.05) is 5.16 Å². The highest BCUT2D eigenvalue weighted by atomic mass is 16.5. The summed E-state index contributed by atoms with van der Waals surface area (Å²) < 4.78 is 11.6. The Balaban J connectivity index is 1.39. The molecule has 1 saturated heterocycles. The molecule has 4 rings (SSSR count). The van der Waals surface area contributed by atoms with Crippen molar-refractivity contribution in [2.45, 2.75) is 33.6 Å². The first-order valence-corrected chi connectivity index (χ1v) is 11.5. The van der Waals surface area contributed by atoms with E-state index in [2.05, 4.69) is 10.3 Å². The zero-order valence-corrected chi connectivity index (χ0v) is 20.4. The topological polar surface area (TPSA) is 111 Å². The van der Waals surface area contributed by atoms with E-state index in [-0.39, 0.29) is 23.5 Å². The molecule has 0 radical (unpaired) electrons. The van der Waals surface area contributed by atoms with Crippen LogP contribution in [0.15, 0.2) is 34.9 Å². The smallest absolute Gasteiger partial charge is 0.305 e. The fourth-order valence-electron chi connectivity index (χ4n) is 4.28. The summed E-state index contributed by atoms with van der Waals surface area (Å²) in [5.41, 5.74) is 4.90. The number of aromatic nitrogens is 3. The van der Waals surface area contributed by atoms with E-state index in [9.17, 15) is 14.4 Å². The van der Waals surface area contributed by atoms with Crippen LogP contribution in [0.5, 0.6) is 0 Å². The number of benzene rings is 1. The molecule has 1 fully saturated rings. The van der Waals surface area contributed by atoms with Gasteiger partial charge in [-0.15, -0.1) is 0 Å². The number of carbonyl (C=O) groups is 3. The maximum atomic E-state index is 13.0. The number of amides is 2. The monoisotopic (exact) mass is 479 g/mol. The molecule has 184 valence electrons. The van der Waals surface area contributed by atoms with Crippen molar-refractivity contribution in [3.8, 4) is 5.69 Å². The summed E-state index contributed by atoms with van der Waals surface area (Å²) in [6.45, 7) is 7.40. The van der Waals surface area contributed by atoms with E-state index in [4.69, 9.17) is 9.26 Å². The number of ether oxygens (including phenoxy) is 1. The summed E-state index contributed by atoms with van der Waals surface area (Å²) in [7, 11) is 1.38. The summed E-state index contributed by atoms with van der Waals surface area (Å²) in [5, 5.41) is 8.38. The molecular weight excluding hydrogens is 450 g/mol. The molecule has 1 aliphatic rings. The second-order valence-electron chi connectivity index (χ2n) is 8.60.